The van der Waals surface area contributed by atoms with Crippen molar-refractivity contribution >= 4 is 22.9 Å². The molecule has 1 aromatic rings. The summed E-state index contributed by atoms with van der Waals surface area (Å²) in [6, 6.07) is 6.39. The molecule has 0 spiro atoms. The maximum atomic E-state index is 13.1. The molecule has 0 radical (unpaired) electrons. The van der Waals surface area contributed by atoms with E-state index in [0.717, 1.165) is 11.8 Å². The Hall–Kier alpha value is -1.56. The number of hydrogen-bond acceptors (Lipinski definition) is 2. The number of nitrogens with two attached hydrogens (primary N) is 2. The molecule has 0 saturated carbocycles. The van der Waals surface area contributed by atoms with E-state index in [2.05, 4.69) is 4.99 Å². The predicted octanol–water partition coefficient (Wildman–Crippen LogP) is 1.27. The van der Waals surface area contributed by atoms with E-state index in [1.165, 1.54) is 6.07 Å². The van der Waals surface area contributed by atoms with Crippen LogP contribution in [-0.4, -0.2) is 11.1 Å². The first-order valence-corrected chi connectivity index (χ1v) is 5.12. The second-order valence-corrected chi connectivity index (χ2v) is 3.69. The van der Waals surface area contributed by atoms with Crippen LogP contribution in [0.25, 0.3) is 0 Å². The molecule has 0 aliphatic carbocycles. The van der Waals surface area contributed by atoms with Crippen LogP contribution < -0.4 is 11.5 Å². The van der Waals surface area contributed by atoms with Crippen molar-refractivity contribution in [3.63, 3.8) is 0 Å². The topological polar surface area (TPSA) is 88.2 Å². The number of rotatable bonds is 2. The first-order chi connectivity index (χ1) is 7.09. The van der Waals surface area contributed by atoms with E-state index in [9.17, 15) is 4.39 Å². The van der Waals surface area contributed by atoms with Gasteiger partial charge in [0.1, 0.15) is 5.82 Å². The molecule has 4 nitrogen and oxygen atoms in total. The summed E-state index contributed by atoms with van der Waals surface area (Å²) in [4.78, 5) is 3.52. The van der Waals surface area contributed by atoms with E-state index in [-0.39, 0.29) is 16.9 Å². The van der Waals surface area contributed by atoms with Gasteiger partial charge in [-0.25, -0.2) is 4.39 Å². The Morgan fingerprint density at radius 2 is 2.07 bits per heavy atom. The van der Waals surface area contributed by atoms with Gasteiger partial charge in [-0.1, -0.05) is 30.0 Å². The molecule has 0 aromatic heterocycles. The fraction of sp³-hybridized carbons (Fsp3) is 0.111. The second kappa shape index (κ2) is 5.35. The summed E-state index contributed by atoms with van der Waals surface area (Å²) in [7, 11) is 0. The van der Waals surface area contributed by atoms with Crippen LogP contribution >= 0.6 is 11.8 Å². The molecular formula is C9H11FN4S. The van der Waals surface area contributed by atoms with Gasteiger partial charge in [-0.15, -0.1) is 0 Å². The van der Waals surface area contributed by atoms with Gasteiger partial charge in [0.05, 0.1) is 0 Å². The van der Waals surface area contributed by atoms with E-state index < -0.39 is 0 Å². The van der Waals surface area contributed by atoms with Gasteiger partial charge in [-0.2, -0.15) is 4.99 Å². The summed E-state index contributed by atoms with van der Waals surface area (Å²) in [5, 5.41) is 7.30. The fourth-order valence-corrected chi connectivity index (χ4v) is 1.61. The molecule has 1 rings (SSSR count). The lowest BCUT2D eigenvalue weighted by molar-refractivity contribution is 0.617. The quantitative estimate of drug-likeness (QED) is 0.524. The largest absolute Gasteiger partial charge is 0.370 e. The van der Waals surface area contributed by atoms with E-state index in [1.807, 2.05) is 0 Å². The Balaban J connectivity index is 2.55. The van der Waals surface area contributed by atoms with E-state index in [1.54, 1.807) is 18.2 Å². The molecular weight excluding hydrogens is 215 g/mol. The van der Waals surface area contributed by atoms with Crippen molar-refractivity contribution in [2.45, 2.75) is 5.75 Å². The number of benzene rings is 1. The van der Waals surface area contributed by atoms with Gasteiger partial charge < -0.3 is 11.5 Å². The standard InChI is InChI=1S/C9H11FN4S/c10-7-4-2-1-3-6(7)5-15-9(13)14-8(11)12/h1-4H,5H2,(H5,11,12,13,14). The van der Waals surface area contributed by atoms with E-state index in [4.69, 9.17) is 16.9 Å². The summed E-state index contributed by atoms with van der Waals surface area (Å²) in [6.07, 6.45) is 0. The molecule has 0 amide bonds. The maximum absolute atomic E-state index is 13.1. The van der Waals surface area contributed by atoms with Crippen LogP contribution in [0.4, 0.5) is 4.39 Å². The minimum Gasteiger partial charge on any atom is -0.370 e. The number of hydrogen-bond donors (Lipinski definition) is 3. The minimum atomic E-state index is -0.289. The monoisotopic (exact) mass is 226 g/mol. The zero-order valence-electron chi connectivity index (χ0n) is 7.90. The highest BCUT2D eigenvalue weighted by Gasteiger charge is 2.02. The number of amidine groups is 1. The van der Waals surface area contributed by atoms with Gasteiger partial charge in [0.25, 0.3) is 0 Å². The van der Waals surface area contributed by atoms with Crippen molar-refractivity contribution in [1.82, 2.24) is 0 Å². The number of halogens is 1. The fourth-order valence-electron chi connectivity index (χ4n) is 0.911. The van der Waals surface area contributed by atoms with Gasteiger partial charge in [0.15, 0.2) is 11.1 Å². The molecule has 0 aliphatic heterocycles. The highest BCUT2D eigenvalue weighted by atomic mass is 32.2. The molecule has 0 bridgehead atoms. The van der Waals surface area contributed by atoms with Crippen LogP contribution in [0.3, 0.4) is 0 Å². The zero-order chi connectivity index (χ0) is 11.3. The molecule has 1 aromatic carbocycles. The molecule has 6 heteroatoms. The van der Waals surface area contributed by atoms with Crippen LogP contribution in [0.1, 0.15) is 5.56 Å². The third-order valence-corrected chi connectivity index (χ3v) is 2.37. The lowest BCUT2D eigenvalue weighted by atomic mass is 10.2. The number of aliphatic imine (C=N–C) groups is 1. The van der Waals surface area contributed by atoms with Gasteiger partial charge >= 0.3 is 0 Å². The Bertz CT molecular complexity index is 387. The maximum Gasteiger partial charge on any atom is 0.193 e. The molecule has 80 valence electrons. The summed E-state index contributed by atoms with van der Waals surface area (Å²) < 4.78 is 13.1. The lowest BCUT2D eigenvalue weighted by Gasteiger charge is -2.01. The Morgan fingerprint density at radius 3 is 2.67 bits per heavy atom. The molecule has 0 fully saturated rings. The van der Waals surface area contributed by atoms with Gasteiger partial charge in [-0.05, 0) is 11.6 Å². The number of thioether (sulfide) groups is 1. The average molecular weight is 226 g/mol. The Kier molecular flexibility index (Phi) is 4.11. The van der Waals surface area contributed by atoms with Crippen LogP contribution in [0.15, 0.2) is 29.3 Å². The second-order valence-electron chi connectivity index (χ2n) is 2.72. The zero-order valence-corrected chi connectivity index (χ0v) is 8.72. The molecule has 15 heavy (non-hydrogen) atoms. The SMILES string of the molecule is N=C(N=C(N)N)SCc1ccccc1F. The number of nitrogens with zero attached hydrogens (tertiary/aromatic N) is 1. The molecule has 0 saturated heterocycles. The minimum absolute atomic E-state index is 0.0294. The summed E-state index contributed by atoms with van der Waals surface area (Å²) in [5.74, 6) is -0.119. The van der Waals surface area contributed by atoms with Crippen molar-refractivity contribution < 1.29 is 4.39 Å². The lowest BCUT2D eigenvalue weighted by Crippen LogP contribution is -2.23. The Morgan fingerprint density at radius 1 is 1.40 bits per heavy atom. The smallest absolute Gasteiger partial charge is 0.193 e. The Labute approximate surface area is 91.1 Å². The van der Waals surface area contributed by atoms with Crippen LogP contribution in [-0.2, 0) is 5.75 Å². The van der Waals surface area contributed by atoms with E-state index >= 15 is 0 Å². The van der Waals surface area contributed by atoms with Crippen LogP contribution in [0.5, 0.6) is 0 Å². The number of nitrogens with one attached hydrogen (secondary N) is 1. The van der Waals surface area contributed by atoms with Crippen molar-refractivity contribution in [1.29, 1.82) is 5.41 Å². The normalized spacial score (nSPS) is 9.67. The first kappa shape index (κ1) is 11.5. The average Bonchev–Trinajstić information content (AvgIpc) is 2.15. The highest BCUT2D eigenvalue weighted by Crippen LogP contribution is 2.16. The molecule has 5 N–H and O–H groups in total. The highest BCUT2D eigenvalue weighted by molar-refractivity contribution is 8.13. The molecule has 0 unspecified atom stereocenters. The summed E-state index contributed by atoms with van der Waals surface area (Å²) >= 11 is 1.07. The van der Waals surface area contributed by atoms with Crippen LogP contribution in [0, 0.1) is 11.2 Å². The van der Waals surface area contributed by atoms with Gasteiger partial charge in [0.2, 0.25) is 0 Å². The van der Waals surface area contributed by atoms with Crippen molar-refractivity contribution in [2.75, 3.05) is 0 Å². The van der Waals surface area contributed by atoms with Crippen molar-refractivity contribution in [3.8, 4) is 0 Å². The molecule has 0 aliphatic rings. The van der Waals surface area contributed by atoms with E-state index in [0.29, 0.717) is 11.3 Å². The molecule has 0 atom stereocenters. The van der Waals surface area contributed by atoms with Gasteiger partial charge in [0, 0.05) is 5.75 Å². The van der Waals surface area contributed by atoms with Crippen LogP contribution in [0.2, 0.25) is 0 Å². The first-order valence-electron chi connectivity index (χ1n) is 4.14. The van der Waals surface area contributed by atoms with Gasteiger partial charge in [-0.3, -0.25) is 5.41 Å². The number of guanidine groups is 1. The summed E-state index contributed by atoms with van der Waals surface area (Å²) in [5.41, 5.74) is 10.7. The predicted molar refractivity (Wildman–Crippen MR) is 61.2 cm³/mol. The third kappa shape index (κ3) is 3.99. The summed E-state index contributed by atoms with van der Waals surface area (Å²) in [6.45, 7) is 0. The van der Waals surface area contributed by atoms with Crippen molar-refractivity contribution in [2.24, 2.45) is 16.5 Å². The third-order valence-electron chi connectivity index (χ3n) is 1.55. The molecule has 0 heterocycles. The van der Waals surface area contributed by atoms with Crippen molar-refractivity contribution in [3.05, 3.63) is 35.6 Å².